The predicted molar refractivity (Wildman–Crippen MR) is 72.9 cm³/mol. The molecular formula is C13H11Cl2NO. The highest BCUT2D eigenvalue weighted by Gasteiger charge is 2.10. The molecule has 0 amide bonds. The molecule has 2 aromatic carbocycles. The maximum absolute atomic E-state index is 5.99. The molecule has 17 heavy (non-hydrogen) atoms. The van der Waals surface area contributed by atoms with Crippen molar-refractivity contribution in [2.24, 2.45) is 0 Å². The lowest BCUT2D eigenvalue weighted by atomic mass is 10.0. The van der Waals surface area contributed by atoms with E-state index in [0.29, 0.717) is 21.5 Å². The average molecular weight is 268 g/mol. The first-order chi connectivity index (χ1) is 8.11. The van der Waals surface area contributed by atoms with Crippen molar-refractivity contribution in [1.82, 2.24) is 0 Å². The molecule has 0 radical (unpaired) electrons. The number of nitrogen functional groups attached to an aromatic ring is 1. The summed E-state index contributed by atoms with van der Waals surface area (Å²) in [5.74, 6) is 0.711. The predicted octanol–water partition coefficient (Wildman–Crippen LogP) is 4.25. The lowest BCUT2D eigenvalue weighted by molar-refractivity contribution is 0.416. The number of hydrogen-bond donors (Lipinski definition) is 1. The molecule has 0 aliphatic rings. The molecule has 2 N–H and O–H groups in total. The number of halogens is 2. The Hall–Kier alpha value is -1.38. The van der Waals surface area contributed by atoms with E-state index in [4.69, 9.17) is 33.7 Å². The summed E-state index contributed by atoms with van der Waals surface area (Å²) in [6.45, 7) is 0. The molecular weight excluding hydrogens is 257 g/mol. The van der Waals surface area contributed by atoms with E-state index in [1.165, 1.54) is 0 Å². The van der Waals surface area contributed by atoms with E-state index in [0.717, 1.165) is 11.1 Å². The molecule has 2 rings (SSSR count). The van der Waals surface area contributed by atoms with E-state index in [1.54, 1.807) is 37.4 Å². The van der Waals surface area contributed by atoms with Gasteiger partial charge in [-0.05, 0) is 36.4 Å². The standard InChI is InChI=1S/C13H11Cl2NO/c1-17-13-5-3-9(15)7-11(13)10-6-8(14)2-4-12(10)16/h2-7H,16H2,1H3. The van der Waals surface area contributed by atoms with Crippen LogP contribution < -0.4 is 10.5 Å². The molecule has 0 aromatic heterocycles. The minimum atomic E-state index is 0.622. The van der Waals surface area contributed by atoms with Gasteiger partial charge in [-0.2, -0.15) is 0 Å². The number of benzene rings is 2. The molecule has 0 bridgehead atoms. The smallest absolute Gasteiger partial charge is 0.126 e. The van der Waals surface area contributed by atoms with Gasteiger partial charge in [0.15, 0.2) is 0 Å². The quantitative estimate of drug-likeness (QED) is 0.826. The largest absolute Gasteiger partial charge is 0.496 e. The van der Waals surface area contributed by atoms with Crippen LogP contribution in [0.1, 0.15) is 0 Å². The fraction of sp³-hybridized carbons (Fsp3) is 0.0769. The van der Waals surface area contributed by atoms with E-state index in [1.807, 2.05) is 6.07 Å². The van der Waals surface area contributed by atoms with Gasteiger partial charge in [-0.1, -0.05) is 23.2 Å². The van der Waals surface area contributed by atoms with Crippen LogP contribution in [0.5, 0.6) is 5.75 Å². The number of rotatable bonds is 2. The number of anilines is 1. The number of nitrogens with two attached hydrogens (primary N) is 1. The minimum Gasteiger partial charge on any atom is -0.496 e. The molecule has 0 unspecified atom stereocenters. The molecule has 0 spiro atoms. The van der Waals surface area contributed by atoms with Crippen LogP contribution in [0.25, 0.3) is 11.1 Å². The highest BCUT2D eigenvalue weighted by molar-refractivity contribution is 6.31. The zero-order valence-electron chi connectivity index (χ0n) is 9.21. The van der Waals surface area contributed by atoms with Gasteiger partial charge in [-0.3, -0.25) is 0 Å². The molecule has 0 aliphatic heterocycles. The van der Waals surface area contributed by atoms with Gasteiger partial charge in [0.1, 0.15) is 5.75 Å². The van der Waals surface area contributed by atoms with Crippen molar-refractivity contribution in [3.8, 4) is 16.9 Å². The minimum absolute atomic E-state index is 0.622. The Bertz CT molecular complexity index is 555. The molecule has 0 saturated carbocycles. The summed E-state index contributed by atoms with van der Waals surface area (Å²) in [7, 11) is 1.60. The van der Waals surface area contributed by atoms with Gasteiger partial charge in [0.2, 0.25) is 0 Å². The number of methoxy groups -OCH3 is 1. The van der Waals surface area contributed by atoms with Gasteiger partial charge < -0.3 is 10.5 Å². The molecule has 2 nitrogen and oxygen atoms in total. The zero-order valence-corrected chi connectivity index (χ0v) is 10.7. The summed E-state index contributed by atoms with van der Waals surface area (Å²) >= 11 is 12.0. The van der Waals surface area contributed by atoms with Gasteiger partial charge in [0.25, 0.3) is 0 Å². The number of ether oxygens (including phenoxy) is 1. The summed E-state index contributed by atoms with van der Waals surface area (Å²) in [6, 6.07) is 10.7. The molecule has 4 heteroatoms. The molecule has 0 aliphatic carbocycles. The van der Waals surface area contributed by atoms with Crippen LogP contribution in [0.2, 0.25) is 10.0 Å². The second kappa shape index (κ2) is 4.86. The Labute approximate surface area is 110 Å². The topological polar surface area (TPSA) is 35.2 Å². The van der Waals surface area contributed by atoms with E-state index < -0.39 is 0 Å². The first kappa shape index (κ1) is 12.1. The van der Waals surface area contributed by atoms with Crippen molar-refractivity contribution in [2.45, 2.75) is 0 Å². The maximum Gasteiger partial charge on any atom is 0.126 e. The molecule has 0 atom stereocenters. The Morgan fingerprint density at radius 2 is 1.53 bits per heavy atom. The third kappa shape index (κ3) is 2.48. The first-order valence-corrected chi connectivity index (χ1v) is 5.76. The monoisotopic (exact) mass is 267 g/mol. The summed E-state index contributed by atoms with van der Waals surface area (Å²) in [5, 5.41) is 1.25. The molecule has 88 valence electrons. The first-order valence-electron chi connectivity index (χ1n) is 5.01. The van der Waals surface area contributed by atoms with Gasteiger partial charge >= 0.3 is 0 Å². The molecule has 0 heterocycles. The Balaban J connectivity index is 2.66. The third-order valence-corrected chi connectivity index (χ3v) is 2.94. The zero-order chi connectivity index (χ0) is 12.4. The fourth-order valence-electron chi connectivity index (χ4n) is 1.65. The van der Waals surface area contributed by atoms with Crippen LogP contribution in [-0.2, 0) is 0 Å². The molecule has 2 aromatic rings. The van der Waals surface area contributed by atoms with Crippen molar-refractivity contribution in [1.29, 1.82) is 0 Å². The maximum atomic E-state index is 5.99. The second-order valence-corrected chi connectivity index (χ2v) is 4.45. The number of hydrogen-bond acceptors (Lipinski definition) is 2. The highest BCUT2D eigenvalue weighted by atomic mass is 35.5. The Morgan fingerprint density at radius 3 is 2.18 bits per heavy atom. The Kier molecular flexibility index (Phi) is 3.46. The average Bonchev–Trinajstić information content (AvgIpc) is 2.32. The van der Waals surface area contributed by atoms with E-state index in [-0.39, 0.29) is 0 Å². The van der Waals surface area contributed by atoms with Crippen LogP contribution >= 0.6 is 23.2 Å². The van der Waals surface area contributed by atoms with Crippen molar-refractivity contribution in [3.63, 3.8) is 0 Å². The van der Waals surface area contributed by atoms with Gasteiger partial charge in [-0.25, -0.2) is 0 Å². The van der Waals surface area contributed by atoms with Gasteiger partial charge in [0.05, 0.1) is 7.11 Å². The lowest BCUT2D eigenvalue weighted by Crippen LogP contribution is -1.93. The summed E-state index contributed by atoms with van der Waals surface area (Å²) in [6.07, 6.45) is 0. The fourth-order valence-corrected chi connectivity index (χ4v) is 2.00. The third-order valence-electron chi connectivity index (χ3n) is 2.47. The Morgan fingerprint density at radius 1 is 0.941 bits per heavy atom. The summed E-state index contributed by atoms with van der Waals surface area (Å²) < 4.78 is 5.29. The summed E-state index contributed by atoms with van der Waals surface area (Å²) in [5.41, 5.74) is 8.22. The van der Waals surface area contributed by atoms with Crippen LogP contribution in [0.15, 0.2) is 36.4 Å². The van der Waals surface area contributed by atoms with E-state index >= 15 is 0 Å². The van der Waals surface area contributed by atoms with Crippen molar-refractivity contribution >= 4 is 28.9 Å². The van der Waals surface area contributed by atoms with Crippen LogP contribution in [0.4, 0.5) is 5.69 Å². The van der Waals surface area contributed by atoms with Crippen molar-refractivity contribution < 1.29 is 4.74 Å². The molecule has 0 saturated heterocycles. The van der Waals surface area contributed by atoms with Crippen LogP contribution in [0, 0.1) is 0 Å². The van der Waals surface area contributed by atoms with Crippen LogP contribution in [0.3, 0.4) is 0 Å². The van der Waals surface area contributed by atoms with Crippen LogP contribution in [-0.4, -0.2) is 7.11 Å². The van der Waals surface area contributed by atoms with Gasteiger partial charge in [0, 0.05) is 26.9 Å². The van der Waals surface area contributed by atoms with E-state index in [9.17, 15) is 0 Å². The van der Waals surface area contributed by atoms with Crippen molar-refractivity contribution in [3.05, 3.63) is 46.4 Å². The second-order valence-electron chi connectivity index (χ2n) is 3.58. The van der Waals surface area contributed by atoms with Crippen molar-refractivity contribution in [2.75, 3.05) is 12.8 Å². The normalized spacial score (nSPS) is 10.3. The lowest BCUT2D eigenvalue weighted by Gasteiger charge is -2.11. The van der Waals surface area contributed by atoms with Gasteiger partial charge in [-0.15, -0.1) is 0 Å². The summed E-state index contributed by atoms with van der Waals surface area (Å²) in [4.78, 5) is 0. The SMILES string of the molecule is COc1ccc(Cl)cc1-c1cc(Cl)ccc1N. The van der Waals surface area contributed by atoms with E-state index in [2.05, 4.69) is 0 Å². The highest BCUT2D eigenvalue weighted by Crippen LogP contribution is 2.36. The molecule has 0 fully saturated rings.